The maximum absolute atomic E-state index is 12.1. The molecule has 6 heteroatoms. The van der Waals surface area contributed by atoms with E-state index in [9.17, 15) is 9.90 Å². The number of nitrogens with zero attached hydrogens (tertiary/aromatic N) is 2. The number of amides is 1. The molecule has 120 valence electrons. The number of rotatable bonds is 4. The van der Waals surface area contributed by atoms with Gasteiger partial charge in [-0.05, 0) is 24.6 Å². The Labute approximate surface area is 138 Å². The highest BCUT2D eigenvalue weighted by Gasteiger charge is 2.10. The van der Waals surface area contributed by atoms with E-state index in [2.05, 4.69) is 20.7 Å². The van der Waals surface area contributed by atoms with E-state index in [4.69, 9.17) is 0 Å². The van der Waals surface area contributed by atoms with Crippen molar-refractivity contribution in [2.24, 2.45) is 5.10 Å². The molecule has 0 saturated heterocycles. The summed E-state index contributed by atoms with van der Waals surface area (Å²) in [5.74, 6) is -0.267. The lowest BCUT2D eigenvalue weighted by Gasteiger charge is -2.01. The van der Waals surface area contributed by atoms with Gasteiger partial charge in [0.15, 0.2) is 0 Å². The molecule has 24 heavy (non-hydrogen) atoms. The number of hydrazone groups is 1. The van der Waals surface area contributed by atoms with Crippen LogP contribution in [0, 0.1) is 6.92 Å². The van der Waals surface area contributed by atoms with Gasteiger partial charge in [0.2, 0.25) is 0 Å². The van der Waals surface area contributed by atoms with Crippen molar-refractivity contribution in [3.8, 4) is 17.0 Å². The first-order valence-electron chi connectivity index (χ1n) is 7.38. The van der Waals surface area contributed by atoms with Gasteiger partial charge in [0.05, 0.1) is 11.9 Å². The van der Waals surface area contributed by atoms with Crippen molar-refractivity contribution in [3.63, 3.8) is 0 Å². The topological polar surface area (TPSA) is 90.4 Å². The lowest BCUT2D eigenvalue weighted by molar-refractivity contribution is 0.0950. The van der Waals surface area contributed by atoms with Crippen LogP contribution in [0.1, 0.15) is 21.6 Å². The molecule has 0 aliphatic carbocycles. The summed E-state index contributed by atoms with van der Waals surface area (Å²) in [6.07, 6.45) is 1.40. The first-order valence-corrected chi connectivity index (χ1v) is 7.38. The van der Waals surface area contributed by atoms with Crippen molar-refractivity contribution in [1.29, 1.82) is 0 Å². The van der Waals surface area contributed by atoms with Gasteiger partial charge in [0, 0.05) is 11.1 Å². The smallest absolute Gasteiger partial charge is 0.289 e. The number of hydrogen-bond acceptors (Lipinski definition) is 4. The Balaban J connectivity index is 1.69. The van der Waals surface area contributed by atoms with Crippen LogP contribution >= 0.6 is 0 Å². The average molecular weight is 320 g/mol. The van der Waals surface area contributed by atoms with Crippen LogP contribution in [0.3, 0.4) is 0 Å². The van der Waals surface area contributed by atoms with Gasteiger partial charge in [-0.3, -0.25) is 9.89 Å². The largest absolute Gasteiger partial charge is 0.507 e. The number of hydrogen-bond donors (Lipinski definition) is 3. The lowest BCUT2D eigenvalue weighted by atomic mass is 10.1. The van der Waals surface area contributed by atoms with Crippen molar-refractivity contribution >= 4 is 12.1 Å². The first kappa shape index (κ1) is 15.5. The second-order valence-corrected chi connectivity index (χ2v) is 5.24. The fraction of sp³-hybridized carbons (Fsp3) is 0.0556. The number of carbonyl (C=O) groups is 1. The van der Waals surface area contributed by atoms with Crippen LogP contribution in [-0.2, 0) is 0 Å². The standard InChI is InChI=1S/C18H16N4O2/c1-12-6-5-9-14(17(12)23)11-19-22-18(24)16-10-15(20-21-16)13-7-3-2-4-8-13/h2-11,23H,1H3,(H,20,21)(H,22,24). The third kappa shape index (κ3) is 3.33. The Bertz CT molecular complexity index is 885. The third-order valence-corrected chi connectivity index (χ3v) is 3.53. The highest BCUT2D eigenvalue weighted by atomic mass is 16.3. The second-order valence-electron chi connectivity index (χ2n) is 5.24. The van der Waals surface area contributed by atoms with E-state index in [1.54, 1.807) is 31.2 Å². The van der Waals surface area contributed by atoms with Gasteiger partial charge < -0.3 is 5.11 Å². The van der Waals surface area contributed by atoms with Crippen molar-refractivity contribution in [3.05, 3.63) is 71.4 Å². The number of nitrogens with one attached hydrogen (secondary N) is 2. The van der Waals surface area contributed by atoms with Gasteiger partial charge in [-0.15, -0.1) is 0 Å². The van der Waals surface area contributed by atoms with E-state index < -0.39 is 5.91 Å². The molecule has 0 atom stereocenters. The SMILES string of the molecule is Cc1cccc(C=NNC(=O)c2cc(-c3ccccc3)n[nH]2)c1O. The Kier molecular flexibility index (Phi) is 4.38. The summed E-state index contributed by atoms with van der Waals surface area (Å²) in [6, 6.07) is 16.5. The van der Waals surface area contributed by atoms with Gasteiger partial charge in [-0.25, -0.2) is 5.43 Å². The number of phenols is 1. The van der Waals surface area contributed by atoms with Crippen LogP contribution in [-0.4, -0.2) is 27.4 Å². The molecule has 3 rings (SSSR count). The van der Waals surface area contributed by atoms with E-state index in [1.807, 2.05) is 30.3 Å². The molecule has 1 aromatic heterocycles. The van der Waals surface area contributed by atoms with Crippen LogP contribution in [0.2, 0.25) is 0 Å². The summed E-state index contributed by atoms with van der Waals surface area (Å²) in [4.78, 5) is 12.1. The lowest BCUT2D eigenvalue weighted by Crippen LogP contribution is -2.18. The Hall–Kier alpha value is -3.41. The maximum atomic E-state index is 12.1. The van der Waals surface area contributed by atoms with Crippen molar-refractivity contribution in [1.82, 2.24) is 15.6 Å². The molecule has 1 amide bonds. The molecule has 2 aromatic carbocycles. The van der Waals surface area contributed by atoms with E-state index in [0.29, 0.717) is 17.0 Å². The minimum Gasteiger partial charge on any atom is -0.507 e. The molecule has 0 aliphatic rings. The van der Waals surface area contributed by atoms with E-state index in [1.165, 1.54) is 6.21 Å². The Morgan fingerprint density at radius 3 is 2.79 bits per heavy atom. The summed E-state index contributed by atoms with van der Waals surface area (Å²) in [7, 11) is 0. The molecule has 0 bridgehead atoms. The highest BCUT2D eigenvalue weighted by molar-refractivity contribution is 5.94. The van der Waals surface area contributed by atoms with Crippen LogP contribution in [0.5, 0.6) is 5.75 Å². The summed E-state index contributed by atoms with van der Waals surface area (Å²) < 4.78 is 0. The van der Waals surface area contributed by atoms with Crippen LogP contribution in [0.25, 0.3) is 11.3 Å². The number of aromatic amines is 1. The zero-order chi connectivity index (χ0) is 16.9. The number of H-pyrrole nitrogens is 1. The molecule has 3 aromatic rings. The molecular formula is C18H16N4O2. The van der Waals surface area contributed by atoms with Gasteiger partial charge in [0.25, 0.3) is 5.91 Å². The summed E-state index contributed by atoms with van der Waals surface area (Å²) in [5, 5.41) is 20.6. The molecule has 0 spiro atoms. The summed E-state index contributed by atoms with van der Waals surface area (Å²) in [6.45, 7) is 1.79. The number of carbonyl (C=O) groups excluding carboxylic acids is 1. The second kappa shape index (κ2) is 6.78. The number of aromatic nitrogens is 2. The molecule has 1 heterocycles. The van der Waals surface area contributed by atoms with Crippen molar-refractivity contribution < 1.29 is 9.90 Å². The fourth-order valence-corrected chi connectivity index (χ4v) is 2.20. The van der Waals surface area contributed by atoms with Crippen LogP contribution < -0.4 is 5.43 Å². The highest BCUT2D eigenvalue weighted by Crippen LogP contribution is 2.19. The molecule has 0 unspecified atom stereocenters. The molecule has 0 aliphatic heterocycles. The van der Waals surface area contributed by atoms with Crippen molar-refractivity contribution in [2.45, 2.75) is 6.92 Å². The minimum absolute atomic E-state index is 0.142. The quantitative estimate of drug-likeness (QED) is 0.510. The third-order valence-electron chi connectivity index (χ3n) is 3.53. The zero-order valence-electron chi connectivity index (χ0n) is 13.0. The predicted molar refractivity (Wildman–Crippen MR) is 91.9 cm³/mol. The number of benzene rings is 2. The Morgan fingerprint density at radius 1 is 1.21 bits per heavy atom. The molecular weight excluding hydrogens is 304 g/mol. The molecule has 0 fully saturated rings. The van der Waals surface area contributed by atoms with Gasteiger partial charge in [-0.2, -0.15) is 10.2 Å². The predicted octanol–water partition coefficient (Wildman–Crippen LogP) is 2.85. The summed E-state index contributed by atoms with van der Waals surface area (Å²) >= 11 is 0. The van der Waals surface area contributed by atoms with Crippen LogP contribution in [0.15, 0.2) is 59.7 Å². The van der Waals surface area contributed by atoms with Crippen molar-refractivity contribution in [2.75, 3.05) is 0 Å². The monoisotopic (exact) mass is 320 g/mol. The van der Waals surface area contributed by atoms with Gasteiger partial charge in [-0.1, -0.05) is 42.5 Å². The number of aromatic hydroxyl groups is 1. The van der Waals surface area contributed by atoms with Gasteiger partial charge in [0.1, 0.15) is 11.4 Å². The summed E-state index contributed by atoms with van der Waals surface area (Å²) in [5.41, 5.74) is 5.59. The molecule has 6 nitrogen and oxygen atoms in total. The fourth-order valence-electron chi connectivity index (χ4n) is 2.20. The average Bonchev–Trinajstić information content (AvgIpc) is 3.09. The van der Waals surface area contributed by atoms with E-state index in [0.717, 1.165) is 11.1 Å². The number of phenolic OH excluding ortho intramolecular Hbond substituents is 1. The molecule has 0 radical (unpaired) electrons. The van der Waals surface area contributed by atoms with Crippen LogP contribution in [0.4, 0.5) is 0 Å². The van der Waals surface area contributed by atoms with E-state index >= 15 is 0 Å². The number of para-hydroxylation sites is 1. The molecule has 0 saturated carbocycles. The normalized spacial score (nSPS) is 10.9. The Morgan fingerprint density at radius 2 is 2.00 bits per heavy atom. The van der Waals surface area contributed by atoms with Gasteiger partial charge >= 0.3 is 0 Å². The first-order chi connectivity index (χ1) is 11.6. The molecule has 3 N–H and O–H groups in total. The number of aryl methyl sites for hydroxylation is 1. The van der Waals surface area contributed by atoms with E-state index in [-0.39, 0.29) is 5.75 Å². The zero-order valence-corrected chi connectivity index (χ0v) is 13.0. The minimum atomic E-state index is -0.409. The maximum Gasteiger partial charge on any atom is 0.289 e.